The summed E-state index contributed by atoms with van der Waals surface area (Å²) in [6.07, 6.45) is 4.32. The van der Waals surface area contributed by atoms with E-state index in [0.717, 1.165) is 47.8 Å². The molecule has 1 aromatic carbocycles. The molecule has 7 nitrogen and oxygen atoms in total. The van der Waals surface area contributed by atoms with Crippen molar-refractivity contribution in [3.63, 3.8) is 0 Å². The van der Waals surface area contributed by atoms with E-state index in [1.165, 1.54) is 18.5 Å². The van der Waals surface area contributed by atoms with Crippen molar-refractivity contribution in [1.82, 2.24) is 9.97 Å². The summed E-state index contributed by atoms with van der Waals surface area (Å²) in [5, 5.41) is 4.87. The van der Waals surface area contributed by atoms with E-state index in [9.17, 15) is 4.79 Å². The molecule has 3 aromatic rings. The average Bonchev–Trinajstić information content (AvgIpc) is 3.49. The van der Waals surface area contributed by atoms with Crippen molar-refractivity contribution in [1.29, 1.82) is 0 Å². The SMILES string of the molecule is O=C(Nc1ccc(N2CCCC2)cc1)OC1CCN(c2ncnc3ccsc23)C1. The van der Waals surface area contributed by atoms with Crippen molar-refractivity contribution in [3.8, 4) is 0 Å². The topological polar surface area (TPSA) is 70.6 Å². The van der Waals surface area contributed by atoms with Gasteiger partial charge in [-0.05, 0) is 48.6 Å². The second kappa shape index (κ2) is 7.87. The summed E-state index contributed by atoms with van der Waals surface area (Å²) < 4.78 is 6.73. The summed E-state index contributed by atoms with van der Waals surface area (Å²) in [5.74, 6) is 0.925. The zero-order chi connectivity index (χ0) is 19.6. The normalized spacial score (nSPS) is 19.1. The van der Waals surface area contributed by atoms with Gasteiger partial charge in [0.15, 0.2) is 0 Å². The number of nitrogens with zero attached hydrogens (tertiary/aromatic N) is 4. The molecule has 1 N–H and O–H groups in total. The molecule has 8 heteroatoms. The maximum atomic E-state index is 12.3. The van der Waals surface area contributed by atoms with E-state index in [2.05, 4.69) is 37.2 Å². The van der Waals surface area contributed by atoms with Crippen LogP contribution in [0.5, 0.6) is 0 Å². The van der Waals surface area contributed by atoms with Gasteiger partial charge in [0.05, 0.1) is 16.8 Å². The third-order valence-electron chi connectivity index (χ3n) is 5.53. The quantitative estimate of drug-likeness (QED) is 0.699. The number of carbonyl (C=O) groups is 1. The van der Waals surface area contributed by atoms with Gasteiger partial charge in [-0.15, -0.1) is 11.3 Å². The Kier molecular flexibility index (Phi) is 4.93. The monoisotopic (exact) mass is 409 g/mol. The third-order valence-corrected chi connectivity index (χ3v) is 6.43. The standard InChI is InChI=1S/C21H23N5O2S/c27-21(24-15-3-5-16(6-4-15)25-9-1-2-10-25)28-17-7-11-26(13-17)20-19-18(8-12-29-19)22-14-23-20/h3-6,8,12,14,17H,1-2,7,9-11,13H2,(H,24,27). The van der Waals surface area contributed by atoms with Gasteiger partial charge in [-0.1, -0.05) is 0 Å². The first-order chi connectivity index (χ1) is 14.3. The van der Waals surface area contributed by atoms with Crippen molar-refractivity contribution in [2.24, 2.45) is 0 Å². The molecule has 29 heavy (non-hydrogen) atoms. The van der Waals surface area contributed by atoms with E-state index in [4.69, 9.17) is 4.74 Å². The van der Waals surface area contributed by atoms with E-state index in [-0.39, 0.29) is 6.10 Å². The molecule has 2 aliphatic heterocycles. The largest absolute Gasteiger partial charge is 0.444 e. The number of ether oxygens (including phenoxy) is 1. The molecule has 4 heterocycles. The van der Waals surface area contributed by atoms with Crippen LogP contribution in [0.1, 0.15) is 19.3 Å². The minimum Gasteiger partial charge on any atom is -0.444 e. The molecule has 1 atom stereocenters. The van der Waals surface area contributed by atoms with Gasteiger partial charge in [0.1, 0.15) is 18.2 Å². The number of anilines is 3. The van der Waals surface area contributed by atoms with Crippen LogP contribution in [0.4, 0.5) is 22.0 Å². The van der Waals surface area contributed by atoms with Crippen LogP contribution >= 0.6 is 11.3 Å². The Morgan fingerprint density at radius 3 is 2.72 bits per heavy atom. The number of benzene rings is 1. The third kappa shape index (κ3) is 3.85. The van der Waals surface area contributed by atoms with Crippen LogP contribution in [-0.2, 0) is 4.74 Å². The molecule has 2 aliphatic rings. The number of fused-ring (bicyclic) bond motifs is 1. The van der Waals surface area contributed by atoms with Crippen molar-refractivity contribution in [2.75, 3.05) is 41.3 Å². The average molecular weight is 410 g/mol. The summed E-state index contributed by atoms with van der Waals surface area (Å²) in [5.41, 5.74) is 2.92. The van der Waals surface area contributed by atoms with Crippen molar-refractivity contribution in [2.45, 2.75) is 25.4 Å². The molecule has 0 radical (unpaired) electrons. The van der Waals surface area contributed by atoms with Gasteiger partial charge >= 0.3 is 6.09 Å². The first-order valence-corrected chi connectivity index (χ1v) is 10.9. The molecule has 0 spiro atoms. The maximum absolute atomic E-state index is 12.3. The number of carbonyl (C=O) groups excluding carboxylic acids is 1. The zero-order valence-corrected chi connectivity index (χ0v) is 16.9. The number of thiophene rings is 1. The lowest BCUT2D eigenvalue weighted by atomic mass is 10.2. The zero-order valence-electron chi connectivity index (χ0n) is 16.1. The Morgan fingerprint density at radius 2 is 1.90 bits per heavy atom. The molecule has 2 fully saturated rings. The first-order valence-electron chi connectivity index (χ1n) is 10.0. The molecule has 5 rings (SSSR count). The predicted molar refractivity (Wildman–Crippen MR) is 116 cm³/mol. The minimum absolute atomic E-state index is 0.149. The van der Waals surface area contributed by atoms with Crippen LogP contribution in [0.15, 0.2) is 42.0 Å². The fourth-order valence-electron chi connectivity index (χ4n) is 4.05. The molecule has 0 aliphatic carbocycles. The van der Waals surface area contributed by atoms with Gasteiger partial charge in [-0.3, -0.25) is 5.32 Å². The summed E-state index contributed by atoms with van der Waals surface area (Å²) in [7, 11) is 0. The molecule has 150 valence electrons. The molecular weight excluding hydrogens is 386 g/mol. The molecule has 2 aromatic heterocycles. The van der Waals surface area contributed by atoms with E-state index >= 15 is 0 Å². The number of aromatic nitrogens is 2. The molecular formula is C21H23N5O2S. The van der Waals surface area contributed by atoms with Crippen molar-refractivity contribution >= 4 is 44.8 Å². The van der Waals surface area contributed by atoms with Crippen LogP contribution in [0.3, 0.4) is 0 Å². The Bertz CT molecular complexity index is 1000. The Labute approximate surface area is 173 Å². The molecule has 0 saturated carbocycles. The molecule has 0 bridgehead atoms. The first kappa shape index (κ1) is 18.2. The lowest BCUT2D eigenvalue weighted by Crippen LogP contribution is -2.27. The molecule has 1 unspecified atom stereocenters. The highest BCUT2D eigenvalue weighted by molar-refractivity contribution is 7.17. The summed E-state index contributed by atoms with van der Waals surface area (Å²) in [4.78, 5) is 25.6. The van der Waals surface area contributed by atoms with Gasteiger partial charge in [0.25, 0.3) is 0 Å². The number of hydrogen-bond donors (Lipinski definition) is 1. The van der Waals surface area contributed by atoms with Crippen LogP contribution in [-0.4, -0.2) is 48.3 Å². The smallest absolute Gasteiger partial charge is 0.411 e. The van der Waals surface area contributed by atoms with Gasteiger partial charge < -0.3 is 14.5 Å². The Morgan fingerprint density at radius 1 is 1.07 bits per heavy atom. The molecule has 2 saturated heterocycles. The van der Waals surface area contributed by atoms with Gasteiger partial charge in [0, 0.05) is 37.4 Å². The number of rotatable bonds is 4. The second-order valence-corrected chi connectivity index (χ2v) is 8.38. The van der Waals surface area contributed by atoms with E-state index in [1.807, 2.05) is 23.6 Å². The van der Waals surface area contributed by atoms with E-state index in [0.29, 0.717) is 6.54 Å². The van der Waals surface area contributed by atoms with Crippen LogP contribution in [0.25, 0.3) is 10.2 Å². The summed E-state index contributed by atoms with van der Waals surface area (Å²) >= 11 is 1.64. The lowest BCUT2D eigenvalue weighted by Gasteiger charge is -2.19. The Hall–Kier alpha value is -2.87. The number of nitrogens with one attached hydrogen (secondary N) is 1. The summed E-state index contributed by atoms with van der Waals surface area (Å²) in [6, 6.07) is 9.98. The molecule has 1 amide bonds. The Balaban J connectivity index is 1.17. The summed E-state index contributed by atoms with van der Waals surface area (Å²) in [6.45, 7) is 3.67. The van der Waals surface area contributed by atoms with Gasteiger partial charge in [-0.25, -0.2) is 14.8 Å². The lowest BCUT2D eigenvalue weighted by molar-refractivity contribution is 0.122. The van der Waals surface area contributed by atoms with Crippen molar-refractivity contribution in [3.05, 3.63) is 42.0 Å². The highest BCUT2D eigenvalue weighted by Gasteiger charge is 2.28. The van der Waals surface area contributed by atoms with E-state index < -0.39 is 6.09 Å². The van der Waals surface area contributed by atoms with Crippen LogP contribution < -0.4 is 15.1 Å². The van der Waals surface area contributed by atoms with Gasteiger partial charge in [0.2, 0.25) is 0 Å². The number of amides is 1. The van der Waals surface area contributed by atoms with Crippen LogP contribution in [0, 0.1) is 0 Å². The second-order valence-electron chi connectivity index (χ2n) is 7.46. The van der Waals surface area contributed by atoms with E-state index in [1.54, 1.807) is 17.7 Å². The highest BCUT2D eigenvalue weighted by atomic mass is 32.1. The highest BCUT2D eigenvalue weighted by Crippen LogP contribution is 2.30. The predicted octanol–water partition coefficient (Wildman–Crippen LogP) is 4.12. The van der Waals surface area contributed by atoms with Gasteiger partial charge in [-0.2, -0.15) is 0 Å². The van der Waals surface area contributed by atoms with Crippen molar-refractivity contribution < 1.29 is 9.53 Å². The fraction of sp³-hybridized carbons (Fsp3) is 0.381. The fourth-order valence-corrected chi connectivity index (χ4v) is 4.91. The maximum Gasteiger partial charge on any atom is 0.411 e. The minimum atomic E-state index is -0.408. The van der Waals surface area contributed by atoms with Crippen LogP contribution in [0.2, 0.25) is 0 Å². The number of hydrogen-bond acceptors (Lipinski definition) is 7.